The lowest BCUT2D eigenvalue weighted by atomic mass is 10.1. The van der Waals surface area contributed by atoms with E-state index in [4.69, 9.17) is 15.0 Å². The van der Waals surface area contributed by atoms with Gasteiger partial charge in [-0.15, -0.1) is 0 Å². The number of nitrogens with zero attached hydrogens (tertiary/aromatic N) is 2. The molecule has 0 atom stereocenters. The first kappa shape index (κ1) is 12.2. The van der Waals surface area contributed by atoms with Crippen molar-refractivity contribution in [2.24, 2.45) is 5.73 Å². The molecule has 2 N–H and O–H groups in total. The van der Waals surface area contributed by atoms with Gasteiger partial charge in [0.15, 0.2) is 0 Å². The van der Waals surface area contributed by atoms with Crippen LogP contribution in [0.4, 0.5) is 0 Å². The van der Waals surface area contributed by atoms with Crippen molar-refractivity contribution in [2.45, 2.75) is 25.2 Å². The van der Waals surface area contributed by atoms with E-state index < -0.39 is 0 Å². The largest absolute Gasteiger partial charge is 0.496 e. The van der Waals surface area contributed by atoms with Gasteiger partial charge in [-0.05, 0) is 37.5 Å². The van der Waals surface area contributed by atoms with Crippen LogP contribution in [0.1, 0.15) is 24.3 Å². The summed E-state index contributed by atoms with van der Waals surface area (Å²) in [6.45, 7) is 2.57. The van der Waals surface area contributed by atoms with Crippen LogP contribution in [0, 0.1) is 6.92 Å². The molecule has 0 unspecified atom stereocenters. The molecule has 1 aliphatic rings. The second-order valence-electron chi connectivity index (χ2n) is 5.11. The van der Waals surface area contributed by atoms with Crippen LogP contribution < -0.4 is 10.5 Å². The average Bonchev–Trinajstić information content (AvgIpc) is 3.08. The molecule has 1 aliphatic carbocycles. The second kappa shape index (κ2) is 4.35. The van der Waals surface area contributed by atoms with Crippen LogP contribution in [0.3, 0.4) is 0 Å². The summed E-state index contributed by atoms with van der Waals surface area (Å²) in [6.07, 6.45) is 2.05. The second-order valence-corrected chi connectivity index (χ2v) is 5.11. The van der Waals surface area contributed by atoms with Crippen LogP contribution in [-0.2, 0) is 5.41 Å². The highest BCUT2D eigenvalue weighted by Gasteiger charge is 2.48. The first-order valence-corrected chi connectivity index (χ1v) is 6.38. The fourth-order valence-electron chi connectivity index (χ4n) is 2.19. The zero-order chi connectivity index (χ0) is 13.5. The Morgan fingerprint density at radius 1 is 1.42 bits per heavy atom. The summed E-state index contributed by atoms with van der Waals surface area (Å²) >= 11 is 0. The first-order valence-electron chi connectivity index (χ1n) is 6.38. The van der Waals surface area contributed by atoms with Gasteiger partial charge in [0.05, 0.1) is 18.1 Å². The minimum Gasteiger partial charge on any atom is -0.496 e. The van der Waals surface area contributed by atoms with E-state index in [9.17, 15) is 0 Å². The lowest BCUT2D eigenvalue weighted by Crippen LogP contribution is -2.19. The summed E-state index contributed by atoms with van der Waals surface area (Å²) in [4.78, 5) is 4.49. The van der Waals surface area contributed by atoms with Crippen molar-refractivity contribution >= 4 is 0 Å². The van der Waals surface area contributed by atoms with Crippen LogP contribution in [0.15, 0.2) is 22.7 Å². The monoisotopic (exact) mass is 259 g/mol. The normalized spacial score (nSPS) is 16.4. The highest BCUT2D eigenvalue weighted by molar-refractivity contribution is 5.64. The molecule has 0 radical (unpaired) electrons. The fourth-order valence-corrected chi connectivity index (χ4v) is 2.19. The van der Waals surface area contributed by atoms with Gasteiger partial charge in [0.2, 0.25) is 11.7 Å². The Balaban J connectivity index is 1.99. The average molecular weight is 259 g/mol. The van der Waals surface area contributed by atoms with Gasteiger partial charge in [0.25, 0.3) is 0 Å². The van der Waals surface area contributed by atoms with Gasteiger partial charge < -0.3 is 15.0 Å². The van der Waals surface area contributed by atoms with Crippen molar-refractivity contribution in [2.75, 3.05) is 13.7 Å². The molecule has 5 nitrogen and oxygen atoms in total. The summed E-state index contributed by atoms with van der Waals surface area (Å²) in [7, 11) is 1.64. The molecule has 19 heavy (non-hydrogen) atoms. The van der Waals surface area contributed by atoms with Crippen molar-refractivity contribution in [1.29, 1.82) is 0 Å². The zero-order valence-corrected chi connectivity index (χ0v) is 11.1. The number of hydrogen-bond acceptors (Lipinski definition) is 5. The van der Waals surface area contributed by atoms with E-state index >= 15 is 0 Å². The highest BCUT2D eigenvalue weighted by atomic mass is 16.5. The van der Waals surface area contributed by atoms with E-state index in [0.717, 1.165) is 29.7 Å². The predicted molar refractivity (Wildman–Crippen MR) is 71.0 cm³/mol. The number of ether oxygens (including phenoxy) is 1. The lowest BCUT2D eigenvalue weighted by Gasteiger charge is -2.06. The lowest BCUT2D eigenvalue weighted by molar-refractivity contribution is 0.347. The van der Waals surface area contributed by atoms with E-state index in [1.165, 1.54) is 0 Å². The van der Waals surface area contributed by atoms with Gasteiger partial charge in [0.1, 0.15) is 5.75 Å². The smallest absolute Gasteiger partial charge is 0.234 e. The number of aromatic nitrogens is 2. The summed E-state index contributed by atoms with van der Waals surface area (Å²) < 4.78 is 10.7. The van der Waals surface area contributed by atoms with Crippen LogP contribution >= 0.6 is 0 Å². The summed E-state index contributed by atoms with van der Waals surface area (Å²) in [5.41, 5.74) is 7.67. The number of hydrogen-bond donors (Lipinski definition) is 1. The van der Waals surface area contributed by atoms with Crippen molar-refractivity contribution in [3.8, 4) is 17.1 Å². The maximum absolute atomic E-state index is 5.77. The molecule has 100 valence electrons. The van der Waals surface area contributed by atoms with Gasteiger partial charge >= 0.3 is 0 Å². The third-order valence-electron chi connectivity index (χ3n) is 3.72. The molecule has 5 heteroatoms. The summed E-state index contributed by atoms with van der Waals surface area (Å²) in [6, 6.07) is 5.91. The molecule has 0 saturated heterocycles. The van der Waals surface area contributed by atoms with Crippen molar-refractivity contribution in [3.63, 3.8) is 0 Å². The molecule has 1 fully saturated rings. The summed E-state index contributed by atoms with van der Waals surface area (Å²) in [5, 5.41) is 4.06. The Morgan fingerprint density at radius 2 is 2.21 bits per heavy atom. The molecule has 2 aromatic rings. The fraction of sp³-hybridized carbons (Fsp3) is 0.429. The number of benzene rings is 1. The molecule has 1 aromatic heterocycles. The predicted octanol–water partition coefficient (Wildman–Crippen LogP) is 2.04. The van der Waals surface area contributed by atoms with Crippen molar-refractivity contribution in [1.82, 2.24) is 10.1 Å². The van der Waals surface area contributed by atoms with Crippen LogP contribution in [0.25, 0.3) is 11.4 Å². The number of nitrogens with two attached hydrogens (primary N) is 1. The third-order valence-corrected chi connectivity index (χ3v) is 3.72. The van der Waals surface area contributed by atoms with Gasteiger partial charge in [-0.3, -0.25) is 0 Å². The molecule has 1 saturated carbocycles. The van der Waals surface area contributed by atoms with Crippen molar-refractivity contribution in [3.05, 3.63) is 29.7 Å². The molecule has 0 amide bonds. The Morgan fingerprint density at radius 3 is 2.84 bits per heavy atom. The number of rotatable bonds is 4. The maximum Gasteiger partial charge on any atom is 0.234 e. The molecule has 1 heterocycles. The van der Waals surface area contributed by atoms with Gasteiger partial charge in [-0.2, -0.15) is 4.98 Å². The molecule has 0 aliphatic heterocycles. The minimum atomic E-state index is -0.0802. The topological polar surface area (TPSA) is 74.2 Å². The van der Waals surface area contributed by atoms with E-state index in [1.54, 1.807) is 7.11 Å². The molecule has 3 rings (SSSR count). The maximum atomic E-state index is 5.77. The van der Waals surface area contributed by atoms with Gasteiger partial charge in [-0.25, -0.2) is 0 Å². The Labute approximate surface area is 111 Å². The van der Waals surface area contributed by atoms with Crippen LogP contribution in [0.2, 0.25) is 0 Å². The Bertz CT molecular complexity index is 602. The van der Waals surface area contributed by atoms with Crippen LogP contribution in [0.5, 0.6) is 5.75 Å². The quantitative estimate of drug-likeness (QED) is 0.909. The van der Waals surface area contributed by atoms with Gasteiger partial charge in [0, 0.05) is 6.54 Å². The molecular formula is C14H17N3O2. The molecule has 0 spiro atoms. The van der Waals surface area contributed by atoms with E-state index in [-0.39, 0.29) is 5.41 Å². The third kappa shape index (κ3) is 2.00. The zero-order valence-electron chi connectivity index (χ0n) is 11.1. The number of methoxy groups -OCH3 is 1. The molecular weight excluding hydrogens is 242 g/mol. The SMILES string of the molecule is COc1cc(C)ccc1-c1noc(C2(CN)CC2)n1. The van der Waals surface area contributed by atoms with Crippen LogP contribution in [-0.4, -0.2) is 23.8 Å². The Hall–Kier alpha value is -1.88. The standard InChI is InChI=1S/C14H17N3O2/c1-9-3-4-10(11(7-9)18-2)12-16-13(19-17-12)14(8-15)5-6-14/h3-4,7H,5-6,8,15H2,1-2H3. The number of aryl methyl sites for hydroxylation is 1. The van der Waals surface area contributed by atoms with E-state index in [2.05, 4.69) is 10.1 Å². The summed E-state index contributed by atoms with van der Waals surface area (Å²) in [5.74, 6) is 1.96. The van der Waals surface area contributed by atoms with E-state index in [0.29, 0.717) is 18.3 Å². The van der Waals surface area contributed by atoms with Gasteiger partial charge in [-0.1, -0.05) is 11.2 Å². The Kier molecular flexibility index (Phi) is 2.78. The first-order chi connectivity index (χ1) is 9.18. The molecule has 0 bridgehead atoms. The molecule has 1 aromatic carbocycles. The van der Waals surface area contributed by atoms with E-state index in [1.807, 2.05) is 25.1 Å². The highest BCUT2D eigenvalue weighted by Crippen LogP contribution is 2.46. The van der Waals surface area contributed by atoms with Crippen molar-refractivity contribution < 1.29 is 9.26 Å². The minimum absolute atomic E-state index is 0.0802.